The average molecular weight is 244 g/mol. The Kier molecular flexibility index (Phi) is 5.86. The first-order valence-corrected chi connectivity index (χ1v) is 6.64. The summed E-state index contributed by atoms with van der Waals surface area (Å²) in [6.45, 7) is 5.95. The van der Waals surface area contributed by atoms with Crippen molar-refractivity contribution in [2.45, 2.75) is 50.9 Å². The third kappa shape index (κ3) is 4.54. The molecular formula is C13H28N2O2. The quantitative estimate of drug-likeness (QED) is 0.664. The van der Waals surface area contributed by atoms with Gasteiger partial charge in [0.1, 0.15) is 0 Å². The summed E-state index contributed by atoms with van der Waals surface area (Å²) in [5.41, 5.74) is 0.318. The Morgan fingerprint density at radius 3 is 2.41 bits per heavy atom. The highest BCUT2D eigenvalue weighted by Crippen LogP contribution is 2.35. The first-order valence-electron chi connectivity index (χ1n) is 6.64. The molecule has 0 aromatic rings. The predicted octanol–water partition coefficient (Wildman–Crippen LogP) is 0.846. The zero-order valence-electron chi connectivity index (χ0n) is 11.7. The lowest BCUT2D eigenvalue weighted by Gasteiger charge is -2.47. The number of aliphatic hydroxyl groups is 1. The number of aliphatic hydroxyl groups excluding tert-OH is 1. The minimum atomic E-state index is -0.406. The van der Waals surface area contributed by atoms with Crippen LogP contribution in [0.1, 0.15) is 33.1 Å². The van der Waals surface area contributed by atoms with Crippen molar-refractivity contribution in [1.82, 2.24) is 10.2 Å². The largest absolute Gasteiger partial charge is 0.389 e. The second-order valence-corrected chi connectivity index (χ2v) is 5.64. The van der Waals surface area contributed by atoms with E-state index >= 15 is 0 Å². The van der Waals surface area contributed by atoms with E-state index in [9.17, 15) is 5.11 Å². The molecule has 0 spiro atoms. The molecule has 0 aromatic heterocycles. The molecule has 17 heavy (non-hydrogen) atoms. The monoisotopic (exact) mass is 244 g/mol. The van der Waals surface area contributed by atoms with Gasteiger partial charge in [-0.05, 0) is 47.2 Å². The zero-order chi connectivity index (χ0) is 12.9. The molecule has 1 rings (SSSR count). The summed E-state index contributed by atoms with van der Waals surface area (Å²) in [5.74, 6) is 0. The lowest BCUT2D eigenvalue weighted by Crippen LogP contribution is -2.57. The van der Waals surface area contributed by atoms with Crippen LogP contribution in [0.3, 0.4) is 0 Å². The Morgan fingerprint density at radius 1 is 1.35 bits per heavy atom. The molecule has 1 unspecified atom stereocenters. The summed E-state index contributed by atoms with van der Waals surface area (Å²) in [5, 5.41) is 13.1. The standard InChI is InChI=1S/C13H28N2O2/c1-11(2)17-9-12(16)8-14-10-13(15(3)4)6-5-7-13/h11-12,14,16H,5-10H2,1-4H3. The number of rotatable bonds is 8. The van der Waals surface area contributed by atoms with Crippen molar-refractivity contribution in [1.29, 1.82) is 0 Å². The number of nitrogens with one attached hydrogen (secondary N) is 1. The van der Waals surface area contributed by atoms with Crippen LogP contribution in [0.25, 0.3) is 0 Å². The number of hydrogen-bond acceptors (Lipinski definition) is 4. The molecule has 0 saturated heterocycles. The van der Waals surface area contributed by atoms with E-state index in [2.05, 4.69) is 24.3 Å². The van der Waals surface area contributed by atoms with E-state index in [1.165, 1.54) is 19.3 Å². The molecule has 0 radical (unpaired) electrons. The van der Waals surface area contributed by atoms with Crippen molar-refractivity contribution in [3.05, 3.63) is 0 Å². The van der Waals surface area contributed by atoms with Crippen molar-refractivity contribution >= 4 is 0 Å². The van der Waals surface area contributed by atoms with Crippen LogP contribution in [0.2, 0.25) is 0 Å². The van der Waals surface area contributed by atoms with Gasteiger partial charge in [0.15, 0.2) is 0 Å². The number of likely N-dealkylation sites (N-methyl/N-ethyl adjacent to an activating group) is 1. The van der Waals surface area contributed by atoms with E-state index < -0.39 is 6.10 Å². The van der Waals surface area contributed by atoms with Gasteiger partial charge in [-0.3, -0.25) is 0 Å². The van der Waals surface area contributed by atoms with Gasteiger partial charge < -0.3 is 20.1 Å². The Morgan fingerprint density at radius 2 is 2.00 bits per heavy atom. The first-order chi connectivity index (χ1) is 7.96. The van der Waals surface area contributed by atoms with Crippen molar-refractivity contribution in [2.24, 2.45) is 0 Å². The highest BCUT2D eigenvalue weighted by atomic mass is 16.5. The fourth-order valence-electron chi connectivity index (χ4n) is 2.20. The Labute approximate surface area is 105 Å². The molecule has 1 aliphatic rings. The van der Waals surface area contributed by atoms with Crippen LogP contribution < -0.4 is 5.32 Å². The van der Waals surface area contributed by atoms with Crippen molar-refractivity contribution in [2.75, 3.05) is 33.8 Å². The second-order valence-electron chi connectivity index (χ2n) is 5.64. The molecular weight excluding hydrogens is 216 g/mol. The van der Waals surface area contributed by atoms with E-state index in [1.54, 1.807) is 0 Å². The summed E-state index contributed by atoms with van der Waals surface area (Å²) < 4.78 is 5.37. The number of hydrogen-bond donors (Lipinski definition) is 2. The normalized spacial score (nSPS) is 20.6. The maximum Gasteiger partial charge on any atom is 0.0897 e. The molecule has 0 aromatic carbocycles. The molecule has 4 heteroatoms. The minimum absolute atomic E-state index is 0.185. The van der Waals surface area contributed by atoms with Gasteiger partial charge >= 0.3 is 0 Å². The maximum absolute atomic E-state index is 9.72. The summed E-state index contributed by atoms with van der Waals surface area (Å²) >= 11 is 0. The summed E-state index contributed by atoms with van der Waals surface area (Å²) in [6, 6.07) is 0. The molecule has 1 aliphatic carbocycles. The van der Waals surface area contributed by atoms with Crippen LogP contribution in [0.5, 0.6) is 0 Å². The molecule has 0 aliphatic heterocycles. The van der Waals surface area contributed by atoms with Crippen LogP contribution in [0.4, 0.5) is 0 Å². The molecule has 1 saturated carbocycles. The highest BCUT2D eigenvalue weighted by molar-refractivity contribution is 4.97. The molecule has 4 nitrogen and oxygen atoms in total. The van der Waals surface area contributed by atoms with Gasteiger partial charge in [0.25, 0.3) is 0 Å². The van der Waals surface area contributed by atoms with Gasteiger partial charge in [-0.25, -0.2) is 0 Å². The zero-order valence-corrected chi connectivity index (χ0v) is 11.7. The lowest BCUT2D eigenvalue weighted by molar-refractivity contribution is 0.00217. The van der Waals surface area contributed by atoms with Crippen molar-refractivity contribution in [3.63, 3.8) is 0 Å². The van der Waals surface area contributed by atoms with Crippen molar-refractivity contribution < 1.29 is 9.84 Å². The van der Waals surface area contributed by atoms with E-state index in [-0.39, 0.29) is 6.10 Å². The average Bonchev–Trinajstić information content (AvgIpc) is 2.18. The maximum atomic E-state index is 9.72. The molecule has 1 atom stereocenters. The van der Waals surface area contributed by atoms with Crippen LogP contribution in [-0.4, -0.2) is 61.5 Å². The second kappa shape index (κ2) is 6.69. The SMILES string of the molecule is CC(C)OCC(O)CNCC1(N(C)C)CCC1. The van der Waals surface area contributed by atoms with Crippen LogP contribution in [0.15, 0.2) is 0 Å². The van der Waals surface area contributed by atoms with E-state index in [0.717, 1.165) is 6.54 Å². The smallest absolute Gasteiger partial charge is 0.0897 e. The fraction of sp³-hybridized carbons (Fsp3) is 1.00. The lowest BCUT2D eigenvalue weighted by atomic mass is 9.75. The molecule has 0 bridgehead atoms. The third-order valence-corrected chi connectivity index (χ3v) is 3.69. The van der Waals surface area contributed by atoms with Gasteiger partial charge in [0.2, 0.25) is 0 Å². The molecule has 0 amide bonds. The Bertz CT molecular complexity index is 215. The van der Waals surface area contributed by atoms with Gasteiger partial charge in [0, 0.05) is 18.6 Å². The number of nitrogens with zero attached hydrogens (tertiary/aromatic N) is 1. The van der Waals surface area contributed by atoms with Crippen molar-refractivity contribution in [3.8, 4) is 0 Å². The van der Waals surface area contributed by atoms with Gasteiger partial charge in [-0.2, -0.15) is 0 Å². The highest BCUT2D eigenvalue weighted by Gasteiger charge is 2.38. The molecule has 2 N–H and O–H groups in total. The minimum Gasteiger partial charge on any atom is -0.389 e. The van der Waals surface area contributed by atoms with E-state index in [0.29, 0.717) is 18.7 Å². The van der Waals surface area contributed by atoms with Crippen LogP contribution in [0, 0.1) is 0 Å². The van der Waals surface area contributed by atoms with Crippen LogP contribution >= 0.6 is 0 Å². The van der Waals surface area contributed by atoms with Gasteiger partial charge in [-0.15, -0.1) is 0 Å². The van der Waals surface area contributed by atoms with Crippen LogP contribution in [-0.2, 0) is 4.74 Å². The predicted molar refractivity (Wildman–Crippen MR) is 70.2 cm³/mol. The molecule has 1 fully saturated rings. The number of ether oxygens (including phenoxy) is 1. The Balaban J connectivity index is 2.14. The van der Waals surface area contributed by atoms with Gasteiger partial charge in [-0.1, -0.05) is 0 Å². The third-order valence-electron chi connectivity index (χ3n) is 3.69. The Hall–Kier alpha value is -0.160. The van der Waals surface area contributed by atoms with E-state index in [1.807, 2.05) is 13.8 Å². The first kappa shape index (κ1) is 14.9. The summed E-state index contributed by atoms with van der Waals surface area (Å²) in [4.78, 5) is 2.31. The summed E-state index contributed by atoms with van der Waals surface area (Å²) in [7, 11) is 4.28. The van der Waals surface area contributed by atoms with Gasteiger partial charge in [0.05, 0.1) is 18.8 Å². The fourth-order valence-corrected chi connectivity index (χ4v) is 2.20. The molecule has 0 heterocycles. The topological polar surface area (TPSA) is 44.7 Å². The molecule has 102 valence electrons. The van der Waals surface area contributed by atoms with E-state index in [4.69, 9.17) is 4.74 Å². The summed E-state index contributed by atoms with van der Waals surface area (Å²) in [6.07, 6.45) is 3.61.